The van der Waals surface area contributed by atoms with Crippen molar-refractivity contribution in [2.75, 3.05) is 17.8 Å². The number of aryl methyl sites for hydroxylation is 1. The predicted molar refractivity (Wildman–Crippen MR) is 89.7 cm³/mol. The summed E-state index contributed by atoms with van der Waals surface area (Å²) in [7, 11) is -3.42. The Kier molecular flexibility index (Phi) is 3.75. The zero-order valence-electron chi connectivity index (χ0n) is 13.7. The van der Waals surface area contributed by atoms with Crippen molar-refractivity contribution in [1.29, 1.82) is 0 Å². The Bertz CT molecular complexity index is 914. The summed E-state index contributed by atoms with van der Waals surface area (Å²) in [6.45, 7) is 2.70. The van der Waals surface area contributed by atoms with Crippen LogP contribution >= 0.6 is 0 Å². The van der Waals surface area contributed by atoms with Crippen LogP contribution < -0.4 is 4.72 Å². The van der Waals surface area contributed by atoms with Gasteiger partial charge >= 0.3 is 0 Å². The second-order valence-corrected chi connectivity index (χ2v) is 8.44. The lowest BCUT2D eigenvalue weighted by Crippen LogP contribution is -2.48. The van der Waals surface area contributed by atoms with E-state index in [-0.39, 0.29) is 17.1 Å². The first-order chi connectivity index (χ1) is 11.9. The highest BCUT2D eigenvalue weighted by molar-refractivity contribution is 7.93. The van der Waals surface area contributed by atoms with Gasteiger partial charge in [-0.2, -0.15) is 4.98 Å². The van der Waals surface area contributed by atoms with Crippen molar-refractivity contribution in [2.24, 2.45) is 0 Å². The SMILES string of the molecule is Cc1noc(C2CN(C(=O)c3ccccc3NS(=O)(=O)C3CC3)C2)n1. The smallest absolute Gasteiger partial charge is 0.256 e. The molecule has 132 valence electrons. The molecular formula is C16H18N4O4S. The number of benzene rings is 1. The van der Waals surface area contributed by atoms with E-state index in [1.807, 2.05) is 0 Å². The second kappa shape index (κ2) is 5.83. The van der Waals surface area contributed by atoms with Gasteiger partial charge < -0.3 is 9.42 Å². The number of carbonyl (C=O) groups is 1. The van der Waals surface area contributed by atoms with E-state index in [0.717, 1.165) is 0 Å². The molecule has 1 aromatic heterocycles. The fourth-order valence-electron chi connectivity index (χ4n) is 2.82. The molecule has 8 nitrogen and oxygen atoms in total. The third-order valence-corrected chi connectivity index (χ3v) is 6.29. The Morgan fingerprint density at radius 3 is 2.64 bits per heavy atom. The first-order valence-electron chi connectivity index (χ1n) is 8.14. The maximum atomic E-state index is 12.7. The summed E-state index contributed by atoms with van der Waals surface area (Å²) >= 11 is 0. The number of carbonyl (C=O) groups excluding carboxylic acids is 1. The molecule has 0 radical (unpaired) electrons. The van der Waals surface area contributed by atoms with E-state index < -0.39 is 10.0 Å². The molecule has 0 spiro atoms. The number of nitrogens with one attached hydrogen (secondary N) is 1. The maximum absolute atomic E-state index is 12.7. The lowest BCUT2D eigenvalue weighted by molar-refractivity contribution is 0.0570. The number of amides is 1. The largest absolute Gasteiger partial charge is 0.339 e. The summed E-state index contributed by atoms with van der Waals surface area (Å²) in [5, 5.41) is 3.42. The van der Waals surface area contributed by atoms with E-state index in [9.17, 15) is 13.2 Å². The summed E-state index contributed by atoms with van der Waals surface area (Å²) in [6.07, 6.45) is 1.34. The van der Waals surface area contributed by atoms with Crippen LogP contribution in [0.4, 0.5) is 5.69 Å². The van der Waals surface area contributed by atoms with Crippen LogP contribution in [0.1, 0.15) is 40.8 Å². The van der Waals surface area contributed by atoms with E-state index in [0.29, 0.717) is 48.9 Å². The molecule has 1 N–H and O–H groups in total. The van der Waals surface area contributed by atoms with Crippen LogP contribution in [0, 0.1) is 6.92 Å². The summed E-state index contributed by atoms with van der Waals surface area (Å²) in [4.78, 5) is 18.6. The monoisotopic (exact) mass is 362 g/mol. The number of hydrogen-bond donors (Lipinski definition) is 1. The molecule has 2 fully saturated rings. The van der Waals surface area contributed by atoms with Gasteiger partial charge in [-0.05, 0) is 31.9 Å². The van der Waals surface area contributed by atoms with Gasteiger partial charge in [0.2, 0.25) is 15.9 Å². The predicted octanol–water partition coefficient (Wildman–Crippen LogP) is 1.52. The van der Waals surface area contributed by atoms with E-state index >= 15 is 0 Å². The van der Waals surface area contributed by atoms with E-state index in [4.69, 9.17) is 4.52 Å². The number of likely N-dealkylation sites (tertiary alicyclic amines) is 1. The van der Waals surface area contributed by atoms with E-state index in [1.165, 1.54) is 0 Å². The van der Waals surface area contributed by atoms with Gasteiger partial charge in [0.05, 0.1) is 22.4 Å². The van der Waals surface area contributed by atoms with E-state index in [1.54, 1.807) is 36.1 Å². The van der Waals surface area contributed by atoms with Crippen LogP contribution in [-0.2, 0) is 10.0 Å². The number of nitrogens with zero attached hydrogens (tertiary/aromatic N) is 3. The van der Waals surface area contributed by atoms with Gasteiger partial charge in [-0.3, -0.25) is 9.52 Å². The van der Waals surface area contributed by atoms with Crippen molar-refractivity contribution in [3.63, 3.8) is 0 Å². The third kappa shape index (κ3) is 3.11. The quantitative estimate of drug-likeness (QED) is 0.864. The number of para-hydroxylation sites is 1. The molecule has 2 heterocycles. The zero-order chi connectivity index (χ0) is 17.6. The van der Waals surface area contributed by atoms with Crippen molar-refractivity contribution in [2.45, 2.75) is 30.9 Å². The molecule has 1 aliphatic carbocycles. The van der Waals surface area contributed by atoms with Crippen LogP contribution in [0.25, 0.3) is 0 Å². The lowest BCUT2D eigenvalue weighted by Gasteiger charge is -2.37. The number of rotatable bonds is 5. The molecule has 0 unspecified atom stereocenters. The average molecular weight is 362 g/mol. The molecule has 4 rings (SSSR count). The van der Waals surface area contributed by atoms with E-state index in [2.05, 4.69) is 14.9 Å². The van der Waals surface area contributed by atoms with Crippen LogP contribution in [0.15, 0.2) is 28.8 Å². The Balaban J connectivity index is 1.48. The van der Waals surface area contributed by atoms with Gasteiger partial charge in [-0.25, -0.2) is 8.42 Å². The number of hydrogen-bond acceptors (Lipinski definition) is 6. The second-order valence-electron chi connectivity index (χ2n) is 6.48. The molecule has 9 heteroatoms. The Labute approximate surface area is 145 Å². The molecule has 1 aliphatic heterocycles. The lowest BCUT2D eigenvalue weighted by atomic mass is 9.98. The van der Waals surface area contributed by atoms with Gasteiger partial charge in [-0.15, -0.1) is 0 Å². The molecule has 1 saturated heterocycles. The fourth-order valence-corrected chi connectivity index (χ4v) is 4.23. The van der Waals surface area contributed by atoms with Crippen molar-refractivity contribution < 1.29 is 17.7 Å². The highest BCUT2D eigenvalue weighted by Gasteiger charge is 2.38. The highest BCUT2D eigenvalue weighted by Crippen LogP contribution is 2.32. The number of aromatic nitrogens is 2. The minimum Gasteiger partial charge on any atom is -0.339 e. The zero-order valence-corrected chi connectivity index (χ0v) is 14.5. The maximum Gasteiger partial charge on any atom is 0.256 e. The van der Waals surface area contributed by atoms with Crippen LogP contribution in [0.3, 0.4) is 0 Å². The number of sulfonamides is 1. The van der Waals surface area contributed by atoms with Gasteiger partial charge in [-0.1, -0.05) is 17.3 Å². The normalized spacial score (nSPS) is 18.0. The van der Waals surface area contributed by atoms with Gasteiger partial charge in [0.25, 0.3) is 5.91 Å². The first-order valence-corrected chi connectivity index (χ1v) is 9.69. The molecular weight excluding hydrogens is 344 g/mol. The standard InChI is InChI=1S/C16H18N4O4S/c1-10-17-15(24-18-10)11-8-20(9-11)16(21)13-4-2-3-5-14(13)19-25(22,23)12-6-7-12/h2-5,11-12,19H,6-9H2,1H3. The molecule has 2 aromatic rings. The molecule has 2 aliphatic rings. The third-order valence-electron chi connectivity index (χ3n) is 4.43. The molecule has 0 atom stereocenters. The topological polar surface area (TPSA) is 105 Å². The van der Waals surface area contributed by atoms with Crippen molar-refractivity contribution in [3.8, 4) is 0 Å². The summed E-state index contributed by atoms with van der Waals surface area (Å²) in [6, 6.07) is 6.69. The molecule has 0 bridgehead atoms. The molecule has 1 saturated carbocycles. The number of anilines is 1. The Morgan fingerprint density at radius 2 is 2.00 bits per heavy atom. The summed E-state index contributed by atoms with van der Waals surface area (Å²) in [5.74, 6) is 0.922. The highest BCUT2D eigenvalue weighted by atomic mass is 32.2. The van der Waals surface area contributed by atoms with Crippen LogP contribution in [0.2, 0.25) is 0 Å². The minimum atomic E-state index is -3.42. The van der Waals surface area contributed by atoms with Crippen LogP contribution in [0.5, 0.6) is 0 Å². The first kappa shape index (κ1) is 16.1. The van der Waals surface area contributed by atoms with Crippen molar-refractivity contribution in [3.05, 3.63) is 41.5 Å². The van der Waals surface area contributed by atoms with Crippen molar-refractivity contribution >= 4 is 21.6 Å². The molecule has 1 aromatic carbocycles. The van der Waals surface area contributed by atoms with Crippen molar-refractivity contribution in [1.82, 2.24) is 15.0 Å². The van der Waals surface area contributed by atoms with Gasteiger partial charge in [0.15, 0.2) is 5.82 Å². The summed E-state index contributed by atoms with van der Waals surface area (Å²) < 4.78 is 32.0. The molecule has 1 amide bonds. The Hall–Kier alpha value is -2.42. The van der Waals surface area contributed by atoms with Crippen LogP contribution in [-0.4, -0.2) is 47.7 Å². The summed E-state index contributed by atoms with van der Waals surface area (Å²) in [5.41, 5.74) is 0.684. The minimum absolute atomic E-state index is 0.0282. The molecule has 25 heavy (non-hydrogen) atoms. The average Bonchev–Trinajstić information content (AvgIpc) is 3.30. The fraction of sp³-hybridized carbons (Fsp3) is 0.438. The van der Waals surface area contributed by atoms with Gasteiger partial charge in [0, 0.05) is 13.1 Å². The van der Waals surface area contributed by atoms with Gasteiger partial charge in [0.1, 0.15) is 0 Å². The Morgan fingerprint density at radius 1 is 1.28 bits per heavy atom.